The third-order valence-corrected chi connectivity index (χ3v) is 4.39. The van der Waals surface area contributed by atoms with Crippen molar-refractivity contribution < 1.29 is 4.74 Å². The SMILES string of the molecule is Cc1cccc(OCCNC2CCC(C)C(C)C2)c1. The third kappa shape index (κ3) is 4.54. The maximum Gasteiger partial charge on any atom is 0.119 e. The van der Waals surface area contributed by atoms with Gasteiger partial charge in [-0.2, -0.15) is 0 Å². The molecule has 3 atom stereocenters. The standard InChI is InChI=1S/C17H27NO/c1-13-5-4-6-17(11-13)19-10-9-18-16-8-7-14(2)15(3)12-16/h4-6,11,14-16,18H,7-10,12H2,1-3H3. The Morgan fingerprint density at radius 2 is 2.05 bits per heavy atom. The van der Waals surface area contributed by atoms with E-state index in [9.17, 15) is 0 Å². The van der Waals surface area contributed by atoms with Gasteiger partial charge in [0.2, 0.25) is 0 Å². The van der Waals surface area contributed by atoms with E-state index in [2.05, 4.69) is 38.2 Å². The zero-order valence-corrected chi connectivity index (χ0v) is 12.5. The lowest BCUT2D eigenvalue weighted by Crippen LogP contribution is -2.38. The lowest BCUT2D eigenvalue weighted by molar-refractivity contribution is 0.216. The van der Waals surface area contributed by atoms with Gasteiger partial charge in [-0.25, -0.2) is 0 Å². The Bertz CT molecular complexity index is 391. The van der Waals surface area contributed by atoms with Crippen LogP contribution in [0, 0.1) is 18.8 Å². The summed E-state index contributed by atoms with van der Waals surface area (Å²) in [5.74, 6) is 2.72. The van der Waals surface area contributed by atoms with Crippen LogP contribution in [0.2, 0.25) is 0 Å². The smallest absolute Gasteiger partial charge is 0.119 e. The maximum absolute atomic E-state index is 5.76. The van der Waals surface area contributed by atoms with E-state index in [1.807, 2.05) is 12.1 Å². The molecule has 1 aliphatic rings. The van der Waals surface area contributed by atoms with Gasteiger partial charge in [0, 0.05) is 12.6 Å². The lowest BCUT2D eigenvalue weighted by atomic mass is 9.79. The van der Waals surface area contributed by atoms with Crippen LogP contribution < -0.4 is 10.1 Å². The second-order valence-electron chi connectivity index (χ2n) is 6.08. The molecule has 0 bridgehead atoms. The van der Waals surface area contributed by atoms with Crippen molar-refractivity contribution in [3.8, 4) is 5.75 Å². The monoisotopic (exact) mass is 261 g/mol. The first-order valence-electron chi connectivity index (χ1n) is 7.58. The van der Waals surface area contributed by atoms with Crippen LogP contribution in [0.25, 0.3) is 0 Å². The van der Waals surface area contributed by atoms with Gasteiger partial charge in [-0.15, -0.1) is 0 Å². The highest BCUT2D eigenvalue weighted by atomic mass is 16.5. The summed E-state index contributed by atoms with van der Waals surface area (Å²) in [6, 6.07) is 8.94. The Morgan fingerprint density at radius 3 is 2.79 bits per heavy atom. The van der Waals surface area contributed by atoms with Crippen molar-refractivity contribution in [3.05, 3.63) is 29.8 Å². The second kappa shape index (κ2) is 6.95. The molecule has 0 aromatic heterocycles. The second-order valence-corrected chi connectivity index (χ2v) is 6.08. The molecular weight excluding hydrogens is 234 g/mol. The van der Waals surface area contributed by atoms with Gasteiger partial charge in [-0.3, -0.25) is 0 Å². The van der Waals surface area contributed by atoms with Gasteiger partial charge in [0.05, 0.1) is 0 Å². The molecule has 1 aromatic carbocycles. The molecule has 0 aliphatic heterocycles. The molecular formula is C17H27NO. The van der Waals surface area contributed by atoms with E-state index in [-0.39, 0.29) is 0 Å². The minimum absolute atomic E-state index is 0.687. The zero-order valence-electron chi connectivity index (χ0n) is 12.5. The predicted octanol–water partition coefficient (Wildman–Crippen LogP) is 3.79. The third-order valence-electron chi connectivity index (χ3n) is 4.39. The summed E-state index contributed by atoms with van der Waals surface area (Å²) < 4.78 is 5.76. The zero-order chi connectivity index (χ0) is 13.7. The highest BCUT2D eigenvalue weighted by Crippen LogP contribution is 2.29. The topological polar surface area (TPSA) is 21.3 Å². The average molecular weight is 261 g/mol. The van der Waals surface area contributed by atoms with Gasteiger partial charge in [-0.1, -0.05) is 26.0 Å². The van der Waals surface area contributed by atoms with Crippen LogP contribution in [-0.2, 0) is 0 Å². The number of benzene rings is 1. The molecule has 0 heterocycles. The molecule has 2 nitrogen and oxygen atoms in total. The van der Waals surface area contributed by atoms with Gasteiger partial charge in [0.15, 0.2) is 0 Å². The van der Waals surface area contributed by atoms with Gasteiger partial charge in [0.25, 0.3) is 0 Å². The summed E-state index contributed by atoms with van der Waals surface area (Å²) in [6.07, 6.45) is 3.99. The first-order chi connectivity index (χ1) is 9.15. The first kappa shape index (κ1) is 14.4. The molecule has 0 spiro atoms. The highest BCUT2D eigenvalue weighted by molar-refractivity contribution is 5.27. The number of hydrogen-bond donors (Lipinski definition) is 1. The largest absolute Gasteiger partial charge is 0.492 e. The molecule has 1 N–H and O–H groups in total. The van der Waals surface area contributed by atoms with Crippen molar-refractivity contribution in [2.24, 2.45) is 11.8 Å². The van der Waals surface area contributed by atoms with Crippen LogP contribution in [0.5, 0.6) is 5.75 Å². The van der Waals surface area contributed by atoms with Crippen LogP contribution in [0.4, 0.5) is 0 Å². The molecule has 1 fully saturated rings. The van der Waals surface area contributed by atoms with E-state index >= 15 is 0 Å². The summed E-state index contributed by atoms with van der Waals surface area (Å²) in [5.41, 5.74) is 1.25. The van der Waals surface area contributed by atoms with Crippen molar-refractivity contribution in [1.82, 2.24) is 5.32 Å². The Balaban J connectivity index is 1.64. The molecule has 1 aliphatic carbocycles. The van der Waals surface area contributed by atoms with Crippen molar-refractivity contribution in [3.63, 3.8) is 0 Å². The molecule has 0 saturated heterocycles. The van der Waals surface area contributed by atoms with Crippen LogP contribution >= 0.6 is 0 Å². The summed E-state index contributed by atoms with van der Waals surface area (Å²) in [7, 11) is 0. The highest BCUT2D eigenvalue weighted by Gasteiger charge is 2.23. The quantitative estimate of drug-likeness (QED) is 0.814. The fourth-order valence-electron chi connectivity index (χ4n) is 2.87. The van der Waals surface area contributed by atoms with Crippen LogP contribution in [0.1, 0.15) is 38.7 Å². The molecule has 2 heteroatoms. The molecule has 0 amide bonds. The van der Waals surface area contributed by atoms with Crippen molar-refractivity contribution in [1.29, 1.82) is 0 Å². The number of ether oxygens (including phenoxy) is 1. The summed E-state index contributed by atoms with van der Waals surface area (Å²) in [5, 5.41) is 3.63. The van der Waals surface area contributed by atoms with Crippen molar-refractivity contribution >= 4 is 0 Å². The summed E-state index contributed by atoms with van der Waals surface area (Å²) >= 11 is 0. The van der Waals surface area contributed by atoms with E-state index in [0.717, 1.165) is 30.7 Å². The number of hydrogen-bond acceptors (Lipinski definition) is 2. The van der Waals surface area contributed by atoms with Gasteiger partial charge in [0.1, 0.15) is 12.4 Å². The Kier molecular flexibility index (Phi) is 5.26. The van der Waals surface area contributed by atoms with Crippen molar-refractivity contribution in [2.45, 2.75) is 46.1 Å². The molecule has 19 heavy (non-hydrogen) atoms. The molecule has 3 unspecified atom stereocenters. The molecule has 1 saturated carbocycles. The summed E-state index contributed by atoms with van der Waals surface area (Å²) in [6.45, 7) is 8.54. The van der Waals surface area contributed by atoms with Gasteiger partial charge >= 0.3 is 0 Å². The van der Waals surface area contributed by atoms with Crippen LogP contribution in [0.3, 0.4) is 0 Å². The van der Waals surface area contributed by atoms with Crippen LogP contribution in [-0.4, -0.2) is 19.2 Å². The molecule has 106 valence electrons. The van der Waals surface area contributed by atoms with E-state index in [0.29, 0.717) is 6.04 Å². The molecule has 1 aromatic rings. The Morgan fingerprint density at radius 1 is 1.21 bits per heavy atom. The van der Waals surface area contributed by atoms with E-state index in [1.165, 1.54) is 24.8 Å². The van der Waals surface area contributed by atoms with E-state index in [4.69, 9.17) is 4.74 Å². The number of aryl methyl sites for hydroxylation is 1. The Labute approximate surface area is 117 Å². The normalized spacial score (nSPS) is 27.2. The molecule has 0 radical (unpaired) electrons. The van der Waals surface area contributed by atoms with Crippen molar-refractivity contribution in [2.75, 3.05) is 13.2 Å². The molecule has 2 rings (SSSR count). The van der Waals surface area contributed by atoms with Crippen LogP contribution in [0.15, 0.2) is 24.3 Å². The van der Waals surface area contributed by atoms with E-state index < -0.39 is 0 Å². The fourth-order valence-corrected chi connectivity index (χ4v) is 2.87. The predicted molar refractivity (Wildman–Crippen MR) is 80.6 cm³/mol. The van der Waals surface area contributed by atoms with E-state index in [1.54, 1.807) is 0 Å². The van der Waals surface area contributed by atoms with Gasteiger partial charge < -0.3 is 10.1 Å². The average Bonchev–Trinajstić information content (AvgIpc) is 2.39. The maximum atomic E-state index is 5.76. The first-order valence-corrected chi connectivity index (χ1v) is 7.58. The summed E-state index contributed by atoms with van der Waals surface area (Å²) in [4.78, 5) is 0. The number of nitrogens with one attached hydrogen (secondary N) is 1. The van der Waals surface area contributed by atoms with Gasteiger partial charge in [-0.05, 0) is 55.7 Å². The minimum atomic E-state index is 0.687. The number of rotatable bonds is 5. The minimum Gasteiger partial charge on any atom is -0.492 e. The lowest BCUT2D eigenvalue weighted by Gasteiger charge is -2.32. The fraction of sp³-hybridized carbons (Fsp3) is 0.647. The Hall–Kier alpha value is -1.02.